The van der Waals surface area contributed by atoms with E-state index in [1.165, 1.54) is 12.1 Å². The van der Waals surface area contributed by atoms with Crippen molar-refractivity contribution < 1.29 is 9.13 Å². The van der Waals surface area contributed by atoms with Gasteiger partial charge in [-0.15, -0.1) is 0 Å². The first-order valence-electron chi connectivity index (χ1n) is 6.36. The Morgan fingerprint density at radius 1 is 1.35 bits per heavy atom. The van der Waals surface area contributed by atoms with E-state index in [9.17, 15) is 4.39 Å². The molecule has 0 fully saturated rings. The molecule has 0 aliphatic carbocycles. The maximum Gasteiger partial charge on any atom is 0.238 e. The number of ether oxygens (including phenoxy) is 1. The number of nitrogens with one attached hydrogen (secondary N) is 1. The molecular weight excluding hydrogens is 279 g/mol. The molecule has 106 valence electrons. The number of para-hydroxylation sites is 1. The molecule has 0 saturated heterocycles. The molecule has 0 bridgehead atoms. The highest BCUT2D eigenvalue weighted by Gasteiger charge is 2.09. The van der Waals surface area contributed by atoms with Gasteiger partial charge in [-0.2, -0.15) is 0 Å². The van der Waals surface area contributed by atoms with Gasteiger partial charge in [-0.25, -0.2) is 9.37 Å². The first-order chi connectivity index (χ1) is 9.56. The van der Waals surface area contributed by atoms with Crippen LogP contribution in [0.15, 0.2) is 36.5 Å². The van der Waals surface area contributed by atoms with Crippen molar-refractivity contribution in [1.29, 1.82) is 0 Å². The highest BCUT2D eigenvalue weighted by molar-refractivity contribution is 6.31. The number of aromatic nitrogens is 1. The Balaban J connectivity index is 2.12. The number of hydrogen-bond donors (Lipinski definition) is 1. The van der Waals surface area contributed by atoms with Gasteiger partial charge in [0.15, 0.2) is 11.6 Å². The van der Waals surface area contributed by atoms with E-state index in [2.05, 4.69) is 24.1 Å². The Morgan fingerprint density at radius 3 is 2.75 bits per heavy atom. The minimum Gasteiger partial charge on any atom is -0.434 e. The number of halogens is 2. The van der Waals surface area contributed by atoms with Gasteiger partial charge >= 0.3 is 0 Å². The van der Waals surface area contributed by atoms with Gasteiger partial charge in [0.25, 0.3) is 0 Å². The third-order valence-electron chi connectivity index (χ3n) is 2.62. The standard InChI is InChI=1S/C15H16ClFN2O/c1-10(2)18-8-11-7-12(16)15(19-9-11)20-14-6-4-3-5-13(14)17/h3-7,9-10,18H,8H2,1-2H3. The van der Waals surface area contributed by atoms with Crippen molar-refractivity contribution in [3.05, 3.63) is 52.9 Å². The van der Waals surface area contributed by atoms with Crippen molar-refractivity contribution in [2.24, 2.45) is 0 Å². The smallest absolute Gasteiger partial charge is 0.238 e. The van der Waals surface area contributed by atoms with Crippen LogP contribution in [-0.4, -0.2) is 11.0 Å². The largest absolute Gasteiger partial charge is 0.434 e. The van der Waals surface area contributed by atoms with Crippen molar-refractivity contribution in [2.75, 3.05) is 0 Å². The summed E-state index contributed by atoms with van der Waals surface area (Å²) in [5.74, 6) is -0.143. The fraction of sp³-hybridized carbons (Fsp3) is 0.267. The van der Waals surface area contributed by atoms with Crippen LogP contribution in [0.5, 0.6) is 11.6 Å². The molecule has 3 nitrogen and oxygen atoms in total. The normalized spacial score (nSPS) is 10.8. The lowest BCUT2D eigenvalue weighted by atomic mass is 10.2. The Bertz CT molecular complexity index is 590. The van der Waals surface area contributed by atoms with Crippen LogP contribution in [-0.2, 0) is 6.54 Å². The molecule has 0 radical (unpaired) electrons. The van der Waals surface area contributed by atoms with Gasteiger partial charge in [0.2, 0.25) is 5.88 Å². The summed E-state index contributed by atoms with van der Waals surface area (Å²) in [6.45, 7) is 4.79. The lowest BCUT2D eigenvalue weighted by Gasteiger charge is -2.10. The van der Waals surface area contributed by atoms with E-state index in [0.29, 0.717) is 17.6 Å². The molecule has 0 amide bonds. The lowest BCUT2D eigenvalue weighted by molar-refractivity contribution is 0.427. The molecule has 0 spiro atoms. The molecule has 0 aliphatic heterocycles. The molecule has 1 heterocycles. The second-order valence-electron chi connectivity index (χ2n) is 4.70. The zero-order valence-corrected chi connectivity index (χ0v) is 12.1. The topological polar surface area (TPSA) is 34.2 Å². The Kier molecular flexibility index (Phi) is 4.93. The first-order valence-corrected chi connectivity index (χ1v) is 6.74. The second kappa shape index (κ2) is 6.68. The molecule has 0 aliphatic rings. The summed E-state index contributed by atoms with van der Waals surface area (Å²) in [7, 11) is 0. The Hall–Kier alpha value is -1.65. The van der Waals surface area contributed by atoms with Gasteiger partial charge < -0.3 is 10.1 Å². The SMILES string of the molecule is CC(C)NCc1cnc(Oc2ccccc2F)c(Cl)c1. The van der Waals surface area contributed by atoms with Gasteiger partial charge in [-0.1, -0.05) is 37.6 Å². The zero-order valence-electron chi connectivity index (χ0n) is 11.4. The van der Waals surface area contributed by atoms with Crippen molar-refractivity contribution in [2.45, 2.75) is 26.4 Å². The molecule has 5 heteroatoms. The first kappa shape index (κ1) is 14.8. The van der Waals surface area contributed by atoms with Crippen LogP contribution < -0.4 is 10.1 Å². The van der Waals surface area contributed by atoms with Gasteiger partial charge in [0.05, 0.1) is 0 Å². The molecule has 2 rings (SSSR count). The fourth-order valence-corrected chi connectivity index (χ4v) is 1.82. The average molecular weight is 295 g/mol. The van der Waals surface area contributed by atoms with Crippen LogP contribution in [0.2, 0.25) is 5.02 Å². The summed E-state index contributed by atoms with van der Waals surface area (Å²) in [5, 5.41) is 3.63. The number of benzene rings is 1. The van der Waals surface area contributed by atoms with E-state index < -0.39 is 5.82 Å². The molecule has 1 aromatic carbocycles. The molecule has 1 aromatic heterocycles. The average Bonchev–Trinajstić information content (AvgIpc) is 2.41. The fourth-order valence-electron chi connectivity index (χ4n) is 1.59. The number of rotatable bonds is 5. The maximum atomic E-state index is 13.5. The van der Waals surface area contributed by atoms with Gasteiger partial charge in [-0.3, -0.25) is 0 Å². The predicted octanol–water partition coefficient (Wildman–Crippen LogP) is 4.16. The Morgan fingerprint density at radius 2 is 2.10 bits per heavy atom. The maximum absolute atomic E-state index is 13.5. The van der Waals surface area contributed by atoms with Gasteiger partial charge in [0, 0.05) is 18.8 Å². The van der Waals surface area contributed by atoms with Crippen LogP contribution in [0.3, 0.4) is 0 Å². The van der Waals surface area contributed by atoms with Gasteiger partial charge in [0.1, 0.15) is 5.02 Å². The van der Waals surface area contributed by atoms with E-state index in [1.54, 1.807) is 24.4 Å². The third kappa shape index (κ3) is 3.92. The van der Waals surface area contributed by atoms with Gasteiger partial charge in [-0.05, 0) is 23.8 Å². The third-order valence-corrected chi connectivity index (χ3v) is 2.89. The summed E-state index contributed by atoms with van der Waals surface area (Å²) < 4.78 is 18.9. The second-order valence-corrected chi connectivity index (χ2v) is 5.11. The Labute approximate surface area is 122 Å². The van der Waals surface area contributed by atoms with Crippen molar-refractivity contribution in [1.82, 2.24) is 10.3 Å². The summed E-state index contributed by atoms with van der Waals surface area (Å²) in [4.78, 5) is 4.13. The zero-order chi connectivity index (χ0) is 14.5. The number of nitrogens with zero attached hydrogens (tertiary/aromatic N) is 1. The summed E-state index contributed by atoms with van der Waals surface area (Å²) >= 11 is 6.11. The minimum atomic E-state index is -0.448. The van der Waals surface area contributed by atoms with Crippen LogP contribution >= 0.6 is 11.6 Å². The van der Waals surface area contributed by atoms with E-state index in [0.717, 1.165) is 5.56 Å². The molecule has 0 saturated carbocycles. The molecule has 0 unspecified atom stereocenters. The quantitative estimate of drug-likeness (QED) is 0.899. The monoisotopic (exact) mass is 294 g/mol. The van der Waals surface area contributed by atoms with Crippen molar-refractivity contribution in [3.63, 3.8) is 0 Å². The lowest BCUT2D eigenvalue weighted by Crippen LogP contribution is -2.21. The predicted molar refractivity (Wildman–Crippen MR) is 77.7 cm³/mol. The van der Waals surface area contributed by atoms with Crippen molar-refractivity contribution in [3.8, 4) is 11.6 Å². The molecule has 20 heavy (non-hydrogen) atoms. The highest BCUT2D eigenvalue weighted by atomic mass is 35.5. The summed E-state index contributed by atoms with van der Waals surface area (Å²) in [6.07, 6.45) is 1.66. The van der Waals surface area contributed by atoms with E-state index in [1.807, 2.05) is 0 Å². The van der Waals surface area contributed by atoms with E-state index in [-0.39, 0.29) is 11.6 Å². The van der Waals surface area contributed by atoms with Crippen molar-refractivity contribution >= 4 is 11.6 Å². The van der Waals surface area contributed by atoms with Crippen LogP contribution in [0.1, 0.15) is 19.4 Å². The van der Waals surface area contributed by atoms with Crippen LogP contribution in [0.25, 0.3) is 0 Å². The number of hydrogen-bond acceptors (Lipinski definition) is 3. The molecular formula is C15H16ClFN2O. The number of pyridine rings is 1. The van der Waals surface area contributed by atoms with Crippen LogP contribution in [0, 0.1) is 5.82 Å². The van der Waals surface area contributed by atoms with Crippen LogP contribution in [0.4, 0.5) is 4.39 Å². The highest BCUT2D eigenvalue weighted by Crippen LogP contribution is 2.29. The van der Waals surface area contributed by atoms with E-state index >= 15 is 0 Å². The molecule has 2 aromatic rings. The molecule has 0 atom stereocenters. The molecule has 1 N–H and O–H groups in total. The summed E-state index contributed by atoms with van der Waals surface area (Å²) in [6, 6.07) is 8.28. The minimum absolute atomic E-state index is 0.106. The summed E-state index contributed by atoms with van der Waals surface area (Å²) in [5.41, 5.74) is 0.949. The van der Waals surface area contributed by atoms with E-state index in [4.69, 9.17) is 16.3 Å².